The number of thiocarbonyl (C=S) groups is 1. The van der Waals surface area contributed by atoms with Gasteiger partial charge in [0.2, 0.25) is 0 Å². The van der Waals surface area contributed by atoms with Crippen molar-refractivity contribution in [2.75, 3.05) is 5.32 Å². The highest BCUT2D eigenvalue weighted by atomic mass is 35.5. The first kappa shape index (κ1) is 14.4. The number of halogens is 2. The van der Waals surface area contributed by atoms with E-state index in [1.165, 1.54) is 24.3 Å². The Morgan fingerprint density at radius 3 is 2.55 bits per heavy atom. The zero-order valence-corrected chi connectivity index (χ0v) is 11.8. The SMILES string of the molecule is NC(=S)c1ccc(Cl)cc1NC(=O)c1ccccc1F. The quantitative estimate of drug-likeness (QED) is 0.855. The largest absolute Gasteiger partial charge is 0.389 e. The molecule has 102 valence electrons. The van der Waals surface area contributed by atoms with Gasteiger partial charge in [0, 0.05) is 10.6 Å². The van der Waals surface area contributed by atoms with Gasteiger partial charge in [0.05, 0.1) is 11.3 Å². The van der Waals surface area contributed by atoms with Crippen molar-refractivity contribution in [1.29, 1.82) is 0 Å². The van der Waals surface area contributed by atoms with Crippen molar-refractivity contribution in [3.8, 4) is 0 Å². The molecule has 0 saturated heterocycles. The van der Waals surface area contributed by atoms with Crippen LogP contribution in [0.3, 0.4) is 0 Å². The lowest BCUT2D eigenvalue weighted by Crippen LogP contribution is -2.18. The average Bonchev–Trinajstić information content (AvgIpc) is 2.38. The van der Waals surface area contributed by atoms with Crippen LogP contribution in [-0.2, 0) is 0 Å². The predicted octanol–water partition coefficient (Wildman–Crippen LogP) is 3.37. The van der Waals surface area contributed by atoms with Crippen LogP contribution in [-0.4, -0.2) is 10.9 Å². The van der Waals surface area contributed by atoms with E-state index in [2.05, 4.69) is 5.32 Å². The Bertz CT molecular complexity index is 691. The van der Waals surface area contributed by atoms with E-state index < -0.39 is 11.7 Å². The first-order valence-electron chi connectivity index (χ1n) is 5.64. The second-order valence-corrected chi connectivity index (χ2v) is 4.86. The monoisotopic (exact) mass is 308 g/mol. The summed E-state index contributed by atoms with van der Waals surface area (Å²) in [6.45, 7) is 0. The van der Waals surface area contributed by atoms with Crippen molar-refractivity contribution in [3.05, 3.63) is 64.4 Å². The van der Waals surface area contributed by atoms with Crippen LogP contribution >= 0.6 is 23.8 Å². The summed E-state index contributed by atoms with van der Waals surface area (Å²) in [6, 6.07) is 10.4. The highest BCUT2D eigenvalue weighted by Crippen LogP contribution is 2.22. The van der Waals surface area contributed by atoms with Crippen LogP contribution in [0.1, 0.15) is 15.9 Å². The van der Waals surface area contributed by atoms with Crippen molar-refractivity contribution in [2.45, 2.75) is 0 Å². The summed E-state index contributed by atoms with van der Waals surface area (Å²) in [5.41, 5.74) is 6.32. The minimum Gasteiger partial charge on any atom is -0.389 e. The number of carbonyl (C=O) groups is 1. The molecule has 0 saturated carbocycles. The van der Waals surface area contributed by atoms with E-state index in [1.54, 1.807) is 18.2 Å². The molecule has 0 aliphatic rings. The third-order valence-electron chi connectivity index (χ3n) is 2.61. The average molecular weight is 309 g/mol. The van der Waals surface area contributed by atoms with Crippen LogP contribution in [0, 0.1) is 5.82 Å². The fourth-order valence-electron chi connectivity index (χ4n) is 1.67. The molecule has 0 atom stereocenters. The molecule has 2 aromatic carbocycles. The maximum Gasteiger partial charge on any atom is 0.258 e. The first-order chi connectivity index (χ1) is 9.49. The number of rotatable bonds is 3. The van der Waals surface area contributed by atoms with Crippen LogP contribution in [0.25, 0.3) is 0 Å². The Hall–Kier alpha value is -1.98. The molecule has 1 amide bonds. The van der Waals surface area contributed by atoms with Crippen LogP contribution in [0.15, 0.2) is 42.5 Å². The van der Waals surface area contributed by atoms with Gasteiger partial charge >= 0.3 is 0 Å². The van der Waals surface area contributed by atoms with Gasteiger partial charge < -0.3 is 11.1 Å². The summed E-state index contributed by atoms with van der Waals surface area (Å²) in [5, 5.41) is 2.97. The molecular formula is C14H10ClFN2OS. The Morgan fingerprint density at radius 1 is 1.20 bits per heavy atom. The van der Waals surface area contributed by atoms with Gasteiger partial charge in [-0.25, -0.2) is 4.39 Å². The molecule has 0 unspecified atom stereocenters. The van der Waals surface area contributed by atoms with Crippen molar-refractivity contribution >= 4 is 40.4 Å². The number of amides is 1. The third kappa shape index (κ3) is 3.12. The van der Waals surface area contributed by atoms with E-state index in [0.717, 1.165) is 0 Å². The van der Waals surface area contributed by atoms with E-state index in [1.807, 2.05) is 0 Å². The van der Waals surface area contributed by atoms with Crippen LogP contribution in [0.4, 0.5) is 10.1 Å². The molecule has 0 radical (unpaired) electrons. The molecule has 0 aliphatic carbocycles. The zero-order valence-electron chi connectivity index (χ0n) is 10.2. The summed E-state index contributed by atoms with van der Waals surface area (Å²) in [4.78, 5) is 12.2. The number of nitrogens with two attached hydrogens (primary N) is 1. The Kier molecular flexibility index (Phi) is 4.32. The third-order valence-corrected chi connectivity index (χ3v) is 3.07. The fourth-order valence-corrected chi connectivity index (χ4v) is 2.02. The fraction of sp³-hybridized carbons (Fsp3) is 0. The molecular weight excluding hydrogens is 299 g/mol. The van der Waals surface area contributed by atoms with Crippen LogP contribution in [0.5, 0.6) is 0 Å². The van der Waals surface area contributed by atoms with Crippen molar-refractivity contribution in [1.82, 2.24) is 0 Å². The lowest BCUT2D eigenvalue weighted by atomic mass is 10.1. The molecule has 0 aromatic heterocycles. The van der Waals surface area contributed by atoms with E-state index >= 15 is 0 Å². The van der Waals surface area contributed by atoms with Gasteiger partial charge in [-0.15, -0.1) is 0 Å². The van der Waals surface area contributed by atoms with Gasteiger partial charge in [-0.2, -0.15) is 0 Å². The van der Waals surface area contributed by atoms with E-state index in [4.69, 9.17) is 29.6 Å². The van der Waals surface area contributed by atoms with Gasteiger partial charge in [-0.05, 0) is 30.3 Å². The molecule has 0 bridgehead atoms. The lowest BCUT2D eigenvalue weighted by Gasteiger charge is -2.11. The molecule has 0 spiro atoms. The second kappa shape index (κ2) is 5.98. The molecule has 0 fully saturated rings. The standard InChI is InChI=1S/C14H10ClFN2OS/c15-8-5-6-10(13(17)20)12(7-8)18-14(19)9-3-1-2-4-11(9)16/h1-7H,(H2,17,20)(H,18,19). The molecule has 3 N–H and O–H groups in total. The molecule has 3 nitrogen and oxygen atoms in total. The predicted molar refractivity (Wildman–Crippen MR) is 81.7 cm³/mol. The lowest BCUT2D eigenvalue weighted by molar-refractivity contribution is 0.102. The minimum atomic E-state index is -0.607. The summed E-state index contributed by atoms with van der Waals surface area (Å²) in [5.74, 6) is -1.20. The topological polar surface area (TPSA) is 55.1 Å². The maximum absolute atomic E-state index is 13.5. The van der Waals surface area contributed by atoms with E-state index in [0.29, 0.717) is 16.3 Å². The highest BCUT2D eigenvalue weighted by molar-refractivity contribution is 7.80. The maximum atomic E-state index is 13.5. The zero-order chi connectivity index (χ0) is 14.7. The Balaban J connectivity index is 2.35. The van der Waals surface area contributed by atoms with Crippen LogP contribution in [0.2, 0.25) is 5.02 Å². The molecule has 6 heteroatoms. The van der Waals surface area contributed by atoms with Crippen molar-refractivity contribution < 1.29 is 9.18 Å². The Labute approximate surface area is 125 Å². The number of hydrogen-bond acceptors (Lipinski definition) is 2. The summed E-state index contributed by atoms with van der Waals surface area (Å²) < 4.78 is 13.5. The minimum absolute atomic E-state index is 0.0682. The van der Waals surface area contributed by atoms with Crippen molar-refractivity contribution in [2.24, 2.45) is 5.73 Å². The molecule has 0 heterocycles. The van der Waals surface area contributed by atoms with Crippen molar-refractivity contribution in [3.63, 3.8) is 0 Å². The number of carbonyl (C=O) groups excluding carboxylic acids is 1. The number of hydrogen-bond donors (Lipinski definition) is 2. The van der Waals surface area contributed by atoms with Gasteiger partial charge in [0.1, 0.15) is 10.8 Å². The molecule has 0 aliphatic heterocycles. The number of anilines is 1. The van der Waals surface area contributed by atoms with Gasteiger partial charge in [0.25, 0.3) is 5.91 Å². The molecule has 2 rings (SSSR count). The summed E-state index contributed by atoms with van der Waals surface area (Å²) >= 11 is 10.8. The summed E-state index contributed by atoms with van der Waals surface area (Å²) in [6.07, 6.45) is 0. The number of nitrogens with one attached hydrogen (secondary N) is 1. The normalized spacial score (nSPS) is 10.1. The highest BCUT2D eigenvalue weighted by Gasteiger charge is 2.14. The molecule has 2 aromatic rings. The first-order valence-corrected chi connectivity index (χ1v) is 6.43. The van der Waals surface area contributed by atoms with E-state index in [9.17, 15) is 9.18 Å². The molecule has 20 heavy (non-hydrogen) atoms. The van der Waals surface area contributed by atoms with Gasteiger partial charge in [-0.1, -0.05) is 36.0 Å². The van der Waals surface area contributed by atoms with Gasteiger partial charge in [0.15, 0.2) is 0 Å². The summed E-state index contributed by atoms with van der Waals surface area (Å²) in [7, 11) is 0. The number of benzene rings is 2. The smallest absolute Gasteiger partial charge is 0.258 e. The Morgan fingerprint density at radius 2 is 1.90 bits per heavy atom. The second-order valence-electron chi connectivity index (χ2n) is 3.99. The van der Waals surface area contributed by atoms with E-state index in [-0.39, 0.29) is 10.6 Å². The van der Waals surface area contributed by atoms with Crippen LogP contribution < -0.4 is 11.1 Å². The van der Waals surface area contributed by atoms with Gasteiger partial charge in [-0.3, -0.25) is 4.79 Å².